The van der Waals surface area contributed by atoms with Crippen LogP contribution in [0.2, 0.25) is 0 Å². The summed E-state index contributed by atoms with van der Waals surface area (Å²) in [5.41, 5.74) is 15.5. The lowest BCUT2D eigenvalue weighted by molar-refractivity contribution is 1.18. The van der Waals surface area contributed by atoms with E-state index in [0.29, 0.717) is 0 Å². The van der Waals surface area contributed by atoms with E-state index in [4.69, 9.17) is 0 Å². The second kappa shape index (κ2) is 13.2. The third-order valence-corrected chi connectivity index (χ3v) is 12.8. The molecule has 0 fully saturated rings. The molecule has 0 N–H and O–H groups in total. The van der Waals surface area contributed by atoms with Crippen molar-refractivity contribution in [2.24, 2.45) is 0 Å². The normalized spacial score (nSPS) is 11.9. The first-order valence-corrected chi connectivity index (χ1v) is 21.0. The minimum atomic E-state index is 1.15. The number of fused-ring (bicyclic) bond motifs is 10. The first-order chi connectivity index (χ1) is 30.3. The Labute approximate surface area is 352 Å². The summed E-state index contributed by atoms with van der Waals surface area (Å²) in [6.45, 7) is 0. The standard InChI is InChI=1S/C58H37N3/c1-7-19-53-45(13-1)46-14-2-8-20-54(46)59(53)42-30-25-38(26-31-42)51-36-40-29-34-44(61-57-23-11-5-17-49(57)50-18-6-12-24-58(50)61)35-41(40)37-52(51)39-27-32-43(33-28-39)60-55-21-9-3-15-47(55)48-16-4-10-22-56(48)60/h1-37H. The maximum absolute atomic E-state index is 2.41. The van der Waals surface area contributed by atoms with Crippen LogP contribution in [0.15, 0.2) is 224 Å². The Morgan fingerprint density at radius 2 is 0.492 bits per heavy atom. The molecule has 13 rings (SSSR count). The quantitative estimate of drug-likeness (QED) is 0.165. The molecule has 0 saturated heterocycles. The van der Waals surface area contributed by atoms with E-state index in [0.717, 1.165) is 17.1 Å². The summed E-state index contributed by atoms with van der Waals surface area (Å²) in [6, 6.07) is 82.3. The molecule has 0 spiro atoms. The van der Waals surface area contributed by atoms with E-state index >= 15 is 0 Å². The second-order valence-corrected chi connectivity index (χ2v) is 16.1. The third-order valence-electron chi connectivity index (χ3n) is 12.8. The predicted octanol–water partition coefficient (Wildman–Crippen LogP) is 15.5. The van der Waals surface area contributed by atoms with Gasteiger partial charge in [0.2, 0.25) is 0 Å². The van der Waals surface area contributed by atoms with Gasteiger partial charge in [-0.3, -0.25) is 0 Å². The first-order valence-electron chi connectivity index (χ1n) is 21.0. The van der Waals surface area contributed by atoms with Crippen LogP contribution in [0.1, 0.15) is 0 Å². The molecule has 0 saturated carbocycles. The van der Waals surface area contributed by atoms with Gasteiger partial charge in [-0.05, 0) is 118 Å². The minimum absolute atomic E-state index is 1.15. The maximum atomic E-state index is 2.41. The third kappa shape index (κ3) is 5.11. The Morgan fingerprint density at radius 3 is 0.836 bits per heavy atom. The van der Waals surface area contributed by atoms with Crippen LogP contribution in [0.4, 0.5) is 0 Å². The van der Waals surface area contributed by atoms with E-state index in [1.54, 1.807) is 0 Å². The van der Waals surface area contributed by atoms with Crippen molar-refractivity contribution in [2.75, 3.05) is 0 Å². The van der Waals surface area contributed by atoms with Gasteiger partial charge in [-0.25, -0.2) is 0 Å². The molecule has 10 aromatic carbocycles. The summed E-state index contributed by atoms with van der Waals surface area (Å²) < 4.78 is 7.19. The van der Waals surface area contributed by atoms with Crippen molar-refractivity contribution in [3.8, 4) is 39.3 Å². The Hall–Kier alpha value is -8.14. The van der Waals surface area contributed by atoms with Gasteiger partial charge < -0.3 is 13.7 Å². The van der Waals surface area contributed by atoms with Gasteiger partial charge >= 0.3 is 0 Å². The molecule has 0 aliphatic heterocycles. The predicted molar refractivity (Wildman–Crippen MR) is 258 cm³/mol. The minimum Gasteiger partial charge on any atom is -0.309 e. The lowest BCUT2D eigenvalue weighted by atomic mass is 9.91. The topological polar surface area (TPSA) is 14.8 Å². The molecular weight excluding hydrogens is 739 g/mol. The van der Waals surface area contributed by atoms with Crippen LogP contribution in [0.5, 0.6) is 0 Å². The number of benzene rings is 10. The van der Waals surface area contributed by atoms with Crippen LogP contribution < -0.4 is 0 Å². The van der Waals surface area contributed by atoms with Crippen LogP contribution in [0, 0.1) is 0 Å². The van der Waals surface area contributed by atoms with Crippen molar-refractivity contribution in [2.45, 2.75) is 0 Å². The fourth-order valence-electron chi connectivity index (χ4n) is 10.1. The highest BCUT2D eigenvalue weighted by atomic mass is 15.0. The molecule has 0 aliphatic rings. The smallest absolute Gasteiger partial charge is 0.0541 e. The molecule has 0 amide bonds. The average molecular weight is 776 g/mol. The molecule has 0 aliphatic carbocycles. The molecule has 3 heteroatoms. The van der Waals surface area contributed by atoms with Crippen molar-refractivity contribution in [1.29, 1.82) is 0 Å². The zero-order valence-electron chi connectivity index (χ0n) is 33.2. The van der Waals surface area contributed by atoms with Crippen molar-refractivity contribution in [3.63, 3.8) is 0 Å². The summed E-state index contributed by atoms with van der Waals surface area (Å²) in [6.07, 6.45) is 0. The van der Waals surface area contributed by atoms with Crippen LogP contribution in [-0.4, -0.2) is 13.7 Å². The van der Waals surface area contributed by atoms with E-state index in [1.807, 2.05) is 0 Å². The Kier molecular flexibility index (Phi) is 7.31. The largest absolute Gasteiger partial charge is 0.309 e. The van der Waals surface area contributed by atoms with Crippen molar-refractivity contribution < 1.29 is 0 Å². The number of nitrogens with zero attached hydrogens (tertiary/aromatic N) is 3. The van der Waals surface area contributed by atoms with Crippen molar-refractivity contribution in [1.82, 2.24) is 13.7 Å². The molecular formula is C58H37N3. The number of hydrogen-bond donors (Lipinski definition) is 0. The number of para-hydroxylation sites is 6. The lowest BCUT2D eigenvalue weighted by Crippen LogP contribution is -1.96. The average Bonchev–Trinajstić information content (AvgIpc) is 3.97. The summed E-state index contributed by atoms with van der Waals surface area (Å²) in [7, 11) is 0. The summed E-state index contributed by atoms with van der Waals surface area (Å²) in [5.74, 6) is 0. The van der Waals surface area contributed by atoms with Crippen LogP contribution in [0.3, 0.4) is 0 Å². The van der Waals surface area contributed by atoms with Gasteiger partial charge in [0.25, 0.3) is 0 Å². The highest BCUT2D eigenvalue weighted by Gasteiger charge is 2.17. The van der Waals surface area contributed by atoms with Crippen LogP contribution in [-0.2, 0) is 0 Å². The SMILES string of the molecule is c1ccc2c(c1)c1ccccc1n2-c1ccc(-c2cc3ccc(-n4c5ccccc5c5ccccc54)cc3cc2-c2ccc(-n3c4ccccc4c4ccccc43)cc2)cc1. The molecule has 3 nitrogen and oxygen atoms in total. The summed E-state index contributed by atoms with van der Waals surface area (Å²) in [5, 5.41) is 10.0. The molecule has 0 bridgehead atoms. The molecule has 0 radical (unpaired) electrons. The van der Waals surface area contributed by atoms with Crippen LogP contribution >= 0.6 is 0 Å². The van der Waals surface area contributed by atoms with Gasteiger partial charge in [-0.1, -0.05) is 140 Å². The number of hydrogen-bond acceptors (Lipinski definition) is 0. The Bertz CT molecular complexity index is 3700. The van der Waals surface area contributed by atoms with E-state index in [2.05, 4.69) is 238 Å². The molecule has 284 valence electrons. The first kappa shape index (κ1) is 33.8. The van der Waals surface area contributed by atoms with Gasteiger partial charge in [0, 0.05) is 49.4 Å². The summed E-state index contributed by atoms with van der Waals surface area (Å²) in [4.78, 5) is 0. The zero-order chi connectivity index (χ0) is 40.0. The Morgan fingerprint density at radius 1 is 0.213 bits per heavy atom. The van der Waals surface area contributed by atoms with Gasteiger partial charge in [-0.15, -0.1) is 0 Å². The fraction of sp³-hybridized carbons (Fsp3) is 0. The van der Waals surface area contributed by atoms with E-state index in [-0.39, 0.29) is 0 Å². The van der Waals surface area contributed by atoms with E-state index < -0.39 is 0 Å². The van der Waals surface area contributed by atoms with Gasteiger partial charge in [0.1, 0.15) is 0 Å². The second-order valence-electron chi connectivity index (χ2n) is 16.1. The fourth-order valence-corrected chi connectivity index (χ4v) is 10.1. The molecule has 0 atom stereocenters. The highest BCUT2D eigenvalue weighted by molar-refractivity contribution is 6.11. The number of rotatable bonds is 5. The highest BCUT2D eigenvalue weighted by Crippen LogP contribution is 2.40. The van der Waals surface area contributed by atoms with E-state index in [9.17, 15) is 0 Å². The number of aromatic nitrogens is 3. The molecule has 3 heterocycles. The zero-order valence-corrected chi connectivity index (χ0v) is 33.2. The van der Waals surface area contributed by atoms with Gasteiger partial charge in [0.05, 0.1) is 33.1 Å². The van der Waals surface area contributed by atoms with E-state index in [1.165, 1.54) is 98.4 Å². The molecule has 3 aromatic heterocycles. The maximum Gasteiger partial charge on any atom is 0.0541 e. The summed E-state index contributed by atoms with van der Waals surface area (Å²) >= 11 is 0. The van der Waals surface area contributed by atoms with Gasteiger partial charge in [-0.2, -0.15) is 0 Å². The lowest BCUT2D eigenvalue weighted by Gasteiger charge is -2.16. The van der Waals surface area contributed by atoms with Crippen molar-refractivity contribution >= 4 is 76.2 Å². The molecule has 13 aromatic rings. The monoisotopic (exact) mass is 775 g/mol. The molecule has 0 unspecified atom stereocenters. The Balaban J connectivity index is 0.991. The van der Waals surface area contributed by atoms with Gasteiger partial charge in [0.15, 0.2) is 0 Å². The van der Waals surface area contributed by atoms with Crippen LogP contribution in [0.25, 0.3) is 116 Å². The van der Waals surface area contributed by atoms with Crippen molar-refractivity contribution in [3.05, 3.63) is 224 Å². The molecule has 61 heavy (non-hydrogen) atoms.